The second-order valence-electron chi connectivity index (χ2n) is 2.62. The SMILES string of the molecule is C=C(C)COC1=CC=C=CC1. The van der Waals surface area contributed by atoms with Crippen LogP contribution < -0.4 is 0 Å². The molecule has 0 aromatic heterocycles. The van der Waals surface area contributed by atoms with Gasteiger partial charge in [-0.15, -0.1) is 5.73 Å². The minimum absolute atomic E-state index is 0.619. The molecular weight excluding hydrogens is 136 g/mol. The Hall–Kier alpha value is -1.20. The van der Waals surface area contributed by atoms with Gasteiger partial charge in [0, 0.05) is 6.42 Å². The van der Waals surface area contributed by atoms with E-state index >= 15 is 0 Å². The van der Waals surface area contributed by atoms with Crippen LogP contribution in [0.25, 0.3) is 0 Å². The van der Waals surface area contributed by atoms with Crippen molar-refractivity contribution in [3.05, 3.63) is 41.9 Å². The fourth-order valence-electron chi connectivity index (χ4n) is 0.760. The van der Waals surface area contributed by atoms with E-state index in [0.717, 1.165) is 17.8 Å². The summed E-state index contributed by atoms with van der Waals surface area (Å²) in [5, 5.41) is 0. The second kappa shape index (κ2) is 3.85. The molecule has 0 fully saturated rings. The van der Waals surface area contributed by atoms with E-state index in [2.05, 4.69) is 12.3 Å². The van der Waals surface area contributed by atoms with Gasteiger partial charge < -0.3 is 4.74 Å². The second-order valence-corrected chi connectivity index (χ2v) is 2.62. The lowest BCUT2D eigenvalue weighted by Crippen LogP contribution is -1.95. The molecule has 58 valence electrons. The molecule has 0 aliphatic heterocycles. The molecule has 0 aromatic carbocycles. The summed E-state index contributed by atoms with van der Waals surface area (Å²) in [6, 6.07) is 0. The molecule has 1 aliphatic carbocycles. The third kappa shape index (κ3) is 2.92. The van der Waals surface area contributed by atoms with Gasteiger partial charge in [0.2, 0.25) is 0 Å². The highest BCUT2D eigenvalue weighted by atomic mass is 16.5. The van der Waals surface area contributed by atoms with Gasteiger partial charge in [-0.2, -0.15) is 0 Å². The Balaban J connectivity index is 2.34. The predicted molar refractivity (Wildman–Crippen MR) is 46.1 cm³/mol. The van der Waals surface area contributed by atoms with Gasteiger partial charge in [-0.25, -0.2) is 0 Å². The molecule has 0 saturated heterocycles. The van der Waals surface area contributed by atoms with E-state index in [-0.39, 0.29) is 0 Å². The van der Waals surface area contributed by atoms with Crippen molar-refractivity contribution in [3.8, 4) is 0 Å². The summed E-state index contributed by atoms with van der Waals surface area (Å²) < 4.78 is 5.40. The molecule has 0 saturated carbocycles. The van der Waals surface area contributed by atoms with Crippen molar-refractivity contribution in [2.75, 3.05) is 6.61 Å². The van der Waals surface area contributed by atoms with Crippen molar-refractivity contribution in [1.29, 1.82) is 0 Å². The lowest BCUT2D eigenvalue weighted by molar-refractivity contribution is 0.234. The van der Waals surface area contributed by atoms with Crippen molar-refractivity contribution >= 4 is 0 Å². The van der Waals surface area contributed by atoms with E-state index in [1.807, 2.05) is 25.2 Å². The molecular formula is C10H12O. The van der Waals surface area contributed by atoms with Crippen LogP contribution in [0, 0.1) is 0 Å². The van der Waals surface area contributed by atoms with Gasteiger partial charge in [-0.1, -0.05) is 6.58 Å². The molecule has 0 spiro atoms. The van der Waals surface area contributed by atoms with Crippen LogP contribution in [-0.2, 0) is 4.74 Å². The topological polar surface area (TPSA) is 9.23 Å². The van der Waals surface area contributed by atoms with Crippen LogP contribution in [0.1, 0.15) is 13.3 Å². The zero-order valence-corrected chi connectivity index (χ0v) is 6.76. The first-order valence-corrected chi connectivity index (χ1v) is 3.66. The number of rotatable bonds is 3. The Bertz CT molecular complexity index is 240. The third-order valence-electron chi connectivity index (χ3n) is 1.29. The van der Waals surface area contributed by atoms with Gasteiger partial charge in [-0.05, 0) is 30.7 Å². The number of hydrogen-bond donors (Lipinski definition) is 0. The van der Waals surface area contributed by atoms with E-state index in [4.69, 9.17) is 4.74 Å². The first kappa shape index (κ1) is 7.90. The molecule has 0 N–H and O–H groups in total. The molecule has 0 unspecified atom stereocenters. The quantitative estimate of drug-likeness (QED) is 0.441. The van der Waals surface area contributed by atoms with Crippen LogP contribution >= 0.6 is 0 Å². The summed E-state index contributed by atoms with van der Waals surface area (Å²) in [7, 11) is 0. The maximum Gasteiger partial charge on any atom is 0.108 e. The molecule has 0 atom stereocenters. The van der Waals surface area contributed by atoms with Gasteiger partial charge in [0.25, 0.3) is 0 Å². The summed E-state index contributed by atoms with van der Waals surface area (Å²) in [6.45, 7) is 6.32. The van der Waals surface area contributed by atoms with Crippen LogP contribution in [-0.4, -0.2) is 6.61 Å². The van der Waals surface area contributed by atoms with Crippen molar-refractivity contribution in [2.45, 2.75) is 13.3 Å². The maximum atomic E-state index is 5.40. The van der Waals surface area contributed by atoms with E-state index < -0.39 is 0 Å². The summed E-state index contributed by atoms with van der Waals surface area (Å²) in [5.41, 5.74) is 4.02. The molecule has 1 rings (SSSR count). The molecule has 0 aromatic rings. The molecule has 0 heterocycles. The van der Waals surface area contributed by atoms with Crippen LogP contribution in [0.5, 0.6) is 0 Å². The van der Waals surface area contributed by atoms with Crippen molar-refractivity contribution in [3.63, 3.8) is 0 Å². The van der Waals surface area contributed by atoms with E-state index in [0.29, 0.717) is 6.61 Å². The average molecular weight is 148 g/mol. The van der Waals surface area contributed by atoms with Gasteiger partial charge in [-0.3, -0.25) is 0 Å². The summed E-state index contributed by atoms with van der Waals surface area (Å²) in [5.74, 6) is 0.992. The van der Waals surface area contributed by atoms with Crippen LogP contribution in [0.4, 0.5) is 0 Å². The minimum atomic E-state index is 0.619. The average Bonchev–Trinajstić information content (AvgIpc) is 2.03. The van der Waals surface area contributed by atoms with Crippen molar-refractivity contribution in [2.24, 2.45) is 0 Å². The van der Waals surface area contributed by atoms with Crippen LogP contribution in [0.2, 0.25) is 0 Å². The molecule has 1 nitrogen and oxygen atoms in total. The normalized spacial score (nSPS) is 14.5. The number of allylic oxidation sites excluding steroid dienone is 2. The Morgan fingerprint density at radius 2 is 2.64 bits per heavy atom. The highest BCUT2D eigenvalue weighted by molar-refractivity contribution is 5.15. The van der Waals surface area contributed by atoms with Crippen LogP contribution in [0.3, 0.4) is 0 Å². The van der Waals surface area contributed by atoms with E-state index in [1.165, 1.54) is 0 Å². The monoisotopic (exact) mass is 148 g/mol. The third-order valence-corrected chi connectivity index (χ3v) is 1.29. The van der Waals surface area contributed by atoms with Gasteiger partial charge in [0.15, 0.2) is 0 Å². The molecule has 1 heteroatoms. The summed E-state index contributed by atoms with van der Waals surface area (Å²) in [4.78, 5) is 0. The van der Waals surface area contributed by atoms with Gasteiger partial charge in [0.05, 0.1) is 0 Å². The first-order valence-electron chi connectivity index (χ1n) is 3.66. The highest BCUT2D eigenvalue weighted by Crippen LogP contribution is 2.08. The smallest absolute Gasteiger partial charge is 0.108 e. The van der Waals surface area contributed by atoms with E-state index in [1.54, 1.807) is 0 Å². The van der Waals surface area contributed by atoms with Crippen molar-refractivity contribution in [1.82, 2.24) is 0 Å². The molecule has 0 radical (unpaired) electrons. The zero-order chi connectivity index (χ0) is 8.10. The summed E-state index contributed by atoms with van der Waals surface area (Å²) in [6.07, 6.45) is 6.59. The predicted octanol–water partition coefficient (Wildman–Crippen LogP) is 2.58. The Kier molecular flexibility index (Phi) is 2.76. The molecule has 0 bridgehead atoms. The Labute approximate surface area is 67.4 Å². The lowest BCUT2D eigenvalue weighted by atomic mass is 10.2. The molecule has 11 heavy (non-hydrogen) atoms. The Morgan fingerprint density at radius 3 is 3.18 bits per heavy atom. The van der Waals surface area contributed by atoms with Crippen LogP contribution in [0.15, 0.2) is 41.9 Å². The first-order chi connectivity index (χ1) is 5.29. The number of hydrogen-bond acceptors (Lipinski definition) is 1. The summed E-state index contributed by atoms with van der Waals surface area (Å²) >= 11 is 0. The lowest BCUT2D eigenvalue weighted by Gasteiger charge is -2.08. The highest BCUT2D eigenvalue weighted by Gasteiger charge is 1.96. The minimum Gasteiger partial charge on any atom is -0.493 e. The fraction of sp³-hybridized carbons (Fsp3) is 0.300. The molecule has 0 amide bonds. The van der Waals surface area contributed by atoms with E-state index in [9.17, 15) is 0 Å². The van der Waals surface area contributed by atoms with Gasteiger partial charge in [0.1, 0.15) is 12.4 Å². The Morgan fingerprint density at radius 1 is 1.82 bits per heavy atom. The van der Waals surface area contributed by atoms with Gasteiger partial charge >= 0.3 is 0 Å². The largest absolute Gasteiger partial charge is 0.493 e. The fourth-order valence-corrected chi connectivity index (χ4v) is 0.760. The molecule has 1 aliphatic rings. The van der Waals surface area contributed by atoms with Crippen molar-refractivity contribution < 1.29 is 4.74 Å². The standard InChI is InChI=1S/C10H12O/c1-9(2)8-11-10-6-4-3-5-7-10/h4-6H,1,7-8H2,2H3. The zero-order valence-electron chi connectivity index (χ0n) is 6.76. The number of ether oxygens (including phenoxy) is 1. The maximum absolute atomic E-state index is 5.40.